The molecule has 1 atom stereocenters. The maximum Gasteiger partial charge on any atom is 0.0240 e. The minimum absolute atomic E-state index is 0.917. The van der Waals surface area contributed by atoms with Crippen LogP contribution in [0.25, 0.3) is 0 Å². The Morgan fingerprint density at radius 1 is 1.22 bits per heavy atom. The second-order valence-corrected chi connectivity index (χ2v) is 3.31. The third-order valence-corrected chi connectivity index (χ3v) is 2.81. The van der Waals surface area contributed by atoms with Crippen LogP contribution in [0, 0.1) is 5.92 Å². The van der Waals surface area contributed by atoms with Crippen LogP contribution in [0.5, 0.6) is 0 Å². The summed E-state index contributed by atoms with van der Waals surface area (Å²) in [5.41, 5.74) is 5.27. The first-order valence-electron chi connectivity index (χ1n) is 3.91. The molecule has 0 aliphatic heterocycles. The van der Waals surface area contributed by atoms with Crippen molar-refractivity contribution in [1.82, 2.24) is 0 Å². The molecule has 0 saturated carbocycles. The van der Waals surface area contributed by atoms with Gasteiger partial charge < -0.3 is 0 Å². The smallest absolute Gasteiger partial charge is 0.0240 e. The fourth-order valence-corrected chi connectivity index (χ4v) is 2.23. The molecule has 3 aliphatic carbocycles. The lowest BCUT2D eigenvalue weighted by atomic mass is 9.78. The number of hydrogen-bond donors (Lipinski definition) is 0. The van der Waals surface area contributed by atoms with Crippen molar-refractivity contribution >= 4 is 0 Å². The van der Waals surface area contributed by atoms with Crippen LogP contribution < -0.4 is 0 Å². The molecule has 3 aliphatic rings. The molecule has 0 heterocycles. The average molecular weight is 118 g/mol. The van der Waals surface area contributed by atoms with Gasteiger partial charge in [-0.25, -0.2) is 0 Å². The van der Waals surface area contributed by atoms with E-state index in [2.05, 4.69) is 6.08 Å². The van der Waals surface area contributed by atoms with Gasteiger partial charge in [-0.3, -0.25) is 0 Å². The lowest BCUT2D eigenvalue weighted by Crippen LogP contribution is -2.11. The van der Waals surface area contributed by atoms with E-state index in [0.29, 0.717) is 0 Å². The van der Waals surface area contributed by atoms with Crippen LogP contribution >= 0.6 is 0 Å². The summed E-state index contributed by atoms with van der Waals surface area (Å²) >= 11 is 0. The van der Waals surface area contributed by atoms with Gasteiger partial charge in [0, 0.05) is 5.92 Å². The molecule has 3 rings (SSSR count). The molecule has 0 fully saturated rings. The normalized spacial score (nSPS) is 36.4. The van der Waals surface area contributed by atoms with Gasteiger partial charge in [0.05, 0.1) is 0 Å². The highest BCUT2D eigenvalue weighted by Gasteiger charge is 2.42. The van der Waals surface area contributed by atoms with Crippen molar-refractivity contribution < 1.29 is 0 Å². The molecular weight excluding hydrogens is 108 g/mol. The third-order valence-electron chi connectivity index (χ3n) is 2.81. The minimum atomic E-state index is 0.917. The van der Waals surface area contributed by atoms with Gasteiger partial charge in [-0.2, -0.15) is 0 Å². The van der Waals surface area contributed by atoms with E-state index in [1.54, 1.807) is 16.7 Å². The summed E-state index contributed by atoms with van der Waals surface area (Å²) in [6, 6.07) is 0. The van der Waals surface area contributed by atoms with Crippen LogP contribution in [0.15, 0.2) is 22.8 Å². The summed E-state index contributed by atoms with van der Waals surface area (Å²) in [6.07, 6.45) is 8.15. The Labute approximate surface area is 55.3 Å². The standard InChI is InChI=1S/C9H10/c1-2-4-7-6(3-1)8-5-9(7)8/h5,8H,1-4H2. The minimum Gasteiger partial charge on any atom is -0.0685 e. The topological polar surface area (TPSA) is 0 Å². The van der Waals surface area contributed by atoms with Crippen molar-refractivity contribution in [3.8, 4) is 0 Å². The van der Waals surface area contributed by atoms with Crippen LogP contribution in [-0.2, 0) is 0 Å². The molecule has 46 valence electrons. The third kappa shape index (κ3) is 0.375. The molecule has 0 amide bonds. The van der Waals surface area contributed by atoms with Crippen molar-refractivity contribution in [2.24, 2.45) is 5.92 Å². The summed E-state index contributed by atoms with van der Waals surface area (Å²) in [7, 11) is 0. The zero-order chi connectivity index (χ0) is 5.84. The Balaban J connectivity index is 2.04. The molecule has 0 nitrogen and oxygen atoms in total. The highest BCUT2D eigenvalue weighted by Crippen LogP contribution is 2.57. The predicted molar refractivity (Wildman–Crippen MR) is 37.1 cm³/mol. The molecule has 1 unspecified atom stereocenters. The van der Waals surface area contributed by atoms with Crippen LogP contribution in [-0.4, -0.2) is 0 Å². The zero-order valence-electron chi connectivity index (χ0n) is 5.48. The number of hydrogen-bond acceptors (Lipinski definition) is 0. The van der Waals surface area contributed by atoms with E-state index < -0.39 is 0 Å². The number of rotatable bonds is 0. The first-order valence-corrected chi connectivity index (χ1v) is 3.91. The summed E-state index contributed by atoms with van der Waals surface area (Å²) < 4.78 is 0. The predicted octanol–water partition coefficient (Wildman–Crippen LogP) is 2.43. The fraction of sp³-hybridized carbons (Fsp3) is 0.556. The van der Waals surface area contributed by atoms with Gasteiger partial charge in [0.1, 0.15) is 0 Å². The lowest BCUT2D eigenvalue weighted by molar-refractivity contribution is 0.622. The van der Waals surface area contributed by atoms with E-state index in [9.17, 15) is 0 Å². The zero-order valence-corrected chi connectivity index (χ0v) is 5.48. The second-order valence-electron chi connectivity index (χ2n) is 3.31. The highest BCUT2D eigenvalue weighted by molar-refractivity contribution is 5.66. The molecule has 0 radical (unpaired) electrons. The van der Waals surface area contributed by atoms with Crippen molar-refractivity contribution in [2.45, 2.75) is 25.7 Å². The van der Waals surface area contributed by atoms with Gasteiger partial charge in [0.25, 0.3) is 0 Å². The maximum absolute atomic E-state index is 2.43. The van der Waals surface area contributed by atoms with E-state index in [1.807, 2.05) is 0 Å². The van der Waals surface area contributed by atoms with Crippen LogP contribution in [0.2, 0.25) is 0 Å². The maximum atomic E-state index is 2.43. The largest absolute Gasteiger partial charge is 0.0685 e. The number of allylic oxidation sites excluding steroid dienone is 4. The Morgan fingerprint density at radius 2 is 2.11 bits per heavy atom. The van der Waals surface area contributed by atoms with Crippen LogP contribution in [0.4, 0.5) is 0 Å². The van der Waals surface area contributed by atoms with Crippen molar-refractivity contribution in [3.05, 3.63) is 22.8 Å². The van der Waals surface area contributed by atoms with Gasteiger partial charge in [0.15, 0.2) is 0 Å². The Hall–Kier alpha value is -0.520. The molecule has 0 aromatic carbocycles. The summed E-state index contributed by atoms with van der Waals surface area (Å²) in [5, 5.41) is 0. The van der Waals surface area contributed by atoms with E-state index in [4.69, 9.17) is 0 Å². The monoisotopic (exact) mass is 118 g/mol. The van der Waals surface area contributed by atoms with Crippen LogP contribution in [0.3, 0.4) is 0 Å². The molecule has 0 heteroatoms. The molecule has 9 heavy (non-hydrogen) atoms. The quantitative estimate of drug-likeness (QED) is 0.458. The van der Waals surface area contributed by atoms with Gasteiger partial charge in [0.2, 0.25) is 0 Å². The first kappa shape index (κ1) is 4.32. The molecule has 0 bridgehead atoms. The molecule has 0 N–H and O–H groups in total. The van der Waals surface area contributed by atoms with E-state index in [0.717, 1.165) is 5.92 Å². The molecule has 0 spiro atoms. The SMILES string of the molecule is C1=C2C3=C(CCCC3)C12. The molecule has 0 aromatic rings. The van der Waals surface area contributed by atoms with Gasteiger partial charge in [-0.1, -0.05) is 11.6 Å². The van der Waals surface area contributed by atoms with Gasteiger partial charge >= 0.3 is 0 Å². The van der Waals surface area contributed by atoms with Gasteiger partial charge in [-0.05, 0) is 36.8 Å². The Kier molecular flexibility index (Phi) is 0.555. The fourth-order valence-electron chi connectivity index (χ4n) is 2.23. The van der Waals surface area contributed by atoms with E-state index >= 15 is 0 Å². The van der Waals surface area contributed by atoms with Crippen molar-refractivity contribution in [2.75, 3.05) is 0 Å². The number of fused-ring (bicyclic) bond motifs is 3. The summed E-state index contributed by atoms with van der Waals surface area (Å²) in [6.45, 7) is 0. The average Bonchev–Trinajstić information content (AvgIpc) is 2.58. The highest BCUT2D eigenvalue weighted by atomic mass is 14.5. The van der Waals surface area contributed by atoms with Crippen LogP contribution in [0.1, 0.15) is 25.7 Å². The second kappa shape index (κ2) is 1.16. The van der Waals surface area contributed by atoms with Crippen molar-refractivity contribution in [3.63, 3.8) is 0 Å². The van der Waals surface area contributed by atoms with Crippen molar-refractivity contribution in [1.29, 1.82) is 0 Å². The lowest BCUT2D eigenvalue weighted by Gasteiger charge is -2.27. The molecule has 0 aromatic heterocycles. The van der Waals surface area contributed by atoms with Gasteiger partial charge in [-0.15, -0.1) is 0 Å². The Morgan fingerprint density at radius 3 is 3.00 bits per heavy atom. The Bertz CT molecular complexity index is 230. The molecular formula is C9H10. The summed E-state index contributed by atoms with van der Waals surface area (Å²) in [5.74, 6) is 0.917. The van der Waals surface area contributed by atoms with E-state index in [1.165, 1.54) is 25.7 Å². The molecule has 0 saturated heterocycles. The summed E-state index contributed by atoms with van der Waals surface area (Å²) in [4.78, 5) is 0. The van der Waals surface area contributed by atoms with E-state index in [-0.39, 0.29) is 0 Å². The first-order chi connectivity index (χ1) is 4.47.